The number of benzene rings is 1. The summed E-state index contributed by atoms with van der Waals surface area (Å²) in [5.41, 5.74) is 0.782. The van der Waals surface area contributed by atoms with E-state index in [4.69, 9.17) is 4.74 Å². The van der Waals surface area contributed by atoms with Crippen LogP contribution in [-0.4, -0.2) is 37.6 Å². The Hall–Kier alpha value is -1.88. The number of unbranched alkanes of at least 4 members (excludes halogenated alkanes) is 1. The van der Waals surface area contributed by atoms with Crippen molar-refractivity contribution >= 4 is 17.6 Å². The number of hydrogen-bond donors (Lipinski definition) is 1. The molecule has 0 radical (unpaired) electrons. The van der Waals surface area contributed by atoms with Gasteiger partial charge in [-0.05, 0) is 25.0 Å². The molecule has 0 bridgehead atoms. The second kappa shape index (κ2) is 6.71. The number of para-hydroxylation sites is 1. The van der Waals surface area contributed by atoms with Crippen LogP contribution in [0.25, 0.3) is 0 Å². The van der Waals surface area contributed by atoms with Crippen LogP contribution in [0.15, 0.2) is 30.3 Å². The van der Waals surface area contributed by atoms with Crippen molar-refractivity contribution in [3.05, 3.63) is 30.3 Å². The molecule has 23 heavy (non-hydrogen) atoms. The van der Waals surface area contributed by atoms with E-state index in [1.807, 2.05) is 35.2 Å². The average molecular weight is 316 g/mol. The van der Waals surface area contributed by atoms with Gasteiger partial charge in [0.2, 0.25) is 5.91 Å². The number of hydrogen-bond acceptors (Lipinski definition) is 4. The van der Waals surface area contributed by atoms with Crippen molar-refractivity contribution in [3.63, 3.8) is 0 Å². The number of ether oxygens (including phenoxy) is 1. The molecular formula is C18H24N2O3. The van der Waals surface area contributed by atoms with Gasteiger partial charge in [-0.1, -0.05) is 31.5 Å². The zero-order valence-corrected chi connectivity index (χ0v) is 13.6. The van der Waals surface area contributed by atoms with Gasteiger partial charge in [-0.15, -0.1) is 0 Å². The van der Waals surface area contributed by atoms with Gasteiger partial charge in [0.15, 0.2) is 0 Å². The van der Waals surface area contributed by atoms with Crippen molar-refractivity contribution in [1.29, 1.82) is 0 Å². The topological polar surface area (TPSA) is 58.6 Å². The molecule has 5 heteroatoms. The van der Waals surface area contributed by atoms with Crippen LogP contribution in [0.1, 0.15) is 32.6 Å². The number of rotatable bonds is 5. The molecule has 2 aliphatic rings. The monoisotopic (exact) mass is 316 g/mol. The number of carbonyl (C=O) groups is 2. The highest BCUT2D eigenvalue weighted by Crippen LogP contribution is 2.41. The molecule has 1 spiro atoms. The Morgan fingerprint density at radius 1 is 1.39 bits per heavy atom. The Kier molecular flexibility index (Phi) is 4.66. The van der Waals surface area contributed by atoms with E-state index in [0.717, 1.165) is 18.5 Å². The lowest BCUT2D eigenvalue weighted by atomic mass is 9.84. The highest BCUT2D eigenvalue weighted by Gasteiger charge is 2.50. The van der Waals surface area contributed by atoms with E-state index in [-0.39, 0.29) is 23.3 Å². The Labute approximate surface area is 137 Å². The summed E-state index contributed by atoms with van der Waals surface area (Å²) >= 11 is 0. The molecule has 0 aliphatic carbocycles. The molecule has 2 fully saturated rings. The molecule has 2 saturated heterocycles. The quantitative estimate of drug-likeness (QED) is 0.668. The summed E-state index contributed by atoms with van der Waals surface area (Å²) in [4.78, 5) is 26.4. The van der Waals surface area contributed by atoms with E-state index >= 15 is 0 Å². The first-order valence-electron chi connectivity index (χ1n) is 8.39. The van der Waals surface area contributed by atoms with E-state index in [9.17, 15) is 9.59 Å². The molecule has 2 aliphatic heterocycles. The number of amides is 1. The predicted molar refractivity (Wildman–Crippen MR) is 88.1 cm³/mol. The molecule has 2 atom stereocenters. The van der Waals surface area contributed by atoms with Crippen LogP contribution in [-0.2, 0) is 14.3 Å². The van der Waals surface area contributed by atoms with E-state index in [1.54, 1.807) is 0 Å². The number of carbonyl (C=O) groups excluding carboxylic acids is 2. The van der Waals surface area contributed by atoms with Crippen molar-refractivity contribution < 1.29 is 14.3 Å². The molecular weight excluding hydrogens is 292 g/mol. The highest BCUT2D eigenvalue weighted by molar-refractivity contribution is 5.96. The molecule has 2 heterocycles. The smallest absolute Gasteiger partial charge is 0.323 e. The van der Waals surface area contributed by atoms with Crippen molar-refractivity contribution in [1.82, 2.24) is 5.32 Å². The Morgan fingerprint density at radius 2 is 2.17 bits per heavy atom. The molecule has 0 saturated carbocycles. The van der Waals surface area contributed by atoms with Gasteiger partial charge < -0.3 is 15.0 Å². The molecule has 124 valence electrons. The van der Waals surface area contributed by atoms with Crippen LogP contribution in [0.3, 0.4) is 0 Å². The second-order valence-electron chi connectivity index (χ2n) is 6.65. The second-order valence-corrected chi connectivity index (χ2v) is 6.65. The van der Waals surface area contributed by atoms with Gasteiger partial charge in [-0.2, -0.15) is 0 Å². The third kappa shape index (κ3) is 3.39. The summed E-state index contributed by atoms with van der Waals surface area (Å²) in [6.07, 6.45) is 3.07. The number of nitrogens with zero attached hydrogens (tertiary/aromatic N) is 1. The van der Waals surface area contributed by atoms with Gasteiger partial charge in [0.05, 0.1) is 6.61 Å². The molecule has 0 aromatic heterocycles. The Balaban J connectivity index is 1.62. The van der Waals surface area contributed by atoms with Gasteiger partial charge >= 0.3 is 5.97 Å². The maximum absolute atomic E-state index is 12.4. The van der Waals surface area contributed by atoms with E-state index in [2.05, 4.69) is 12.2 Å². The van der Waals surface area contributed by atoms with Crippen LogP contribution >= 0.6 is 0 Å². The highest BCUT2D eigenvalue weighted by atomic mass is 16.5. The third-order valence-electron chi connectivity index (χ3n) is 4.78. The summed E-state index contributed by atoms with van der Waals surface area (Å²) in [7, 11) is 0. The Morgan fingerprint density at radius 3 is 2.91 bits per heavy atom. The van der Waals surface area contributed by atoms with Crippen molar-refractivity contribution in [3.8, 4) is 0 Å². The fourth-order valence-electron chi connectivity index (χ4n) is 3.50. The van der Waals surface area contributed by atoms with Gasteiger partial charge in [0.25, 0.3) is 0 Å². The fourth-order valence-corrected chi connectivity index (χ4v) is 3.50. The summed E-state index contributed by atoms with van der Waals surface area (Å²) in [6, 6.07) is 9.45. The lowest BCUT2D eigenvalue weighted by Crippen LogP contribution is -2.32. The zero-order valence-electron chi connectivity index (χ0n) is 13.6. The van der Waals surface area contributed by atoms with Gasteiger partial charge in [-0.25, -0.2) is 0 Å². The minimum Gasteiger partial charge on any atom is -0.465 e. The number of nitrogens with one attached hydrogen (secondary N) is 1. The van der Waals surface area contributed by atoms with Crippen LogP contribution in [0.4, 0.5) is 5.69 Å². The van der Waals surface area contributed by atoms with Crippen LogP contribution in [0, 0.1) is 5.41 Å². The molecule has 1 aromatic rings. The van der Waals surface area contributed by atoms with E-state index in [0.29, 0.717) is 32.5 Å². The van der Waals surface area contributed by atoms with Crippen molar-refractivity contribution in [2.45, 2.75) is 38.6 Å². The zero-order chi connectivity index (χ0) is 16.3. The minimum atomic E-state index is -0.282. The molecule has 5 nitrogen and oxygen atoms in total. The maximum atomic E-state index is 12.4. The standard InChI is InChI=1S/C18H24N2O3/c1-2-3-9-23-17(22)15-10-18(12-19-15)11-16(21)20(13-18)14-7-5-4-6-8-14/h4-8,15,19H,2-3,9-13H2,1H3. The van der Waals surface area contributed by atoms with E-state index in [1.165, 1.54) is 0 Å². The molecule has 2 unspecified atom stereocenters. The first-order valence-corrected chi connectivity index (χ1v) is 8.39. The van der Waals surface area contributed by atoms with Gasteiger partial charge in [0.1, 0.15) is 6.04 Å². The van der Waals surface area contributed by atoms with Gasteiger partial charge in [0, 0.05) is 30.6 Å². The largest absolute Gasteiger partial charge is 0.465 e. The summed E-state index contributed by atoms with van der Waals surface area (Å²) in [5, 5.41) is 3.26. The average Bonchev–Trinajstić information content (AvgIpc) is 3.12. The van der Waals surface area contributed by atoms with Crippen molar-refractivity contribution in [2.24, 2.45) is 5.41 Å². The first-order chi connectivity index (χ1) is 11.1. The normalized spacial score (nSPS) is 26.9. The van der Waals surface area contributed by atoms with Gasteiger partial charge in [-0.3, -0.25) is 9.59 Å². The predicted octanol–water partition coefficient (Wildman–Crippen LogP) is 2.11. The maximum Gasteiger partial charge on any atom is 0.323 e. The summed E-state index contributed by atoms with van der Waals surface area (Å²) < 4.78 is 5.31. The van der Waals surface area contributed by atoms with Crippen LogP contribution in [0.2, 0.25) is 0 Å². The van der Waals surface area contributed by atoms with Crippen LogP contribution in [0.5, 0.6) is 0 Å². The number of esters is 1. The van der Waals surface area contributed by atoms with Crippen LogP contribution < -0.4 is 10.2 Å². The fraction of sp³-hybridized carbons (Fsp3) is 0.556. The first kappa shape index (κ1) is 16.0. The minimum absolute atomic E-state index is 0.137. The van der Waals surface area contributed by atoms with E-state index < -0.39 is 0 Å². The third-order valence-corrected chi connectivity index (χ3v) is 4.78. The molecule has 3 rings (SSSR count). The molecule has 1 amide bonds. The lowest BCUT2D eigenvalue weighted by molar-refractivity contribution is -0.146. The number of anilines is 1. The summed E-state index contributed by atoms with van der Waals surface area (Å²) in [6.45, 7) is 3.91. The molecule has 1 aromatic carbocycles. The molecule has 1 N–H and O–H groups in total. The van der Waals surface area contributed by atoms with Crippen molar-refractivity contribution in [2.75, 3.05) is 24.6 Å². The SMILES string of the molecule is CCCCOC(=O)C1CC2(CN1)CC(=O)N(c1ccccc1)C2. The Bertz CT molecular complexity index is 575. The summed E-state index contributed by atoms with van der Waals surface area (Å²) in [5.74, 6) is -0.0427. The lowest BCUT2D eigenvalue weighted by Gasteiger charge is -2.22.